The Morgan fingerprint density at radius 2 is 0.889 bits per heavy atom. The third kappa shape index (κ3) is 1.76. The fourth-order valence-electron chi connectivity index (χ4n) is 2.38. The van der Waals surface area contributed by atoms with Crippen molar-refractivity contribution in [3.8, 4) is 0 Å². The zero-order valence-corrected chi connectivity index (χ0v) is 9.85. The highest BCUT2D eigenvalue weighted by Crippen LogP contribution is 2.32. The van der Waals surface area contributed by atoms with E-state index < -0.39 is 0 Å². The fourth-order valence-corrected chi connectivity index (χ4v) is 2.38. The van der Waals surface area contributed by atoms with Crippen molar-refractivity contribution in [2.45, 2.75) is 12.8 Å². The summed E-state index contributed by atoms with van der Waals surface area (Å²) in [5, 5.41) is 0. The van der Waals surface area contributed by atoms with Crippen LogP contribution in [0.5, 0.6) is 0 Å². The van der Waals surface area contributed by atoms with Gasteiger partial charge in [-0.2, -0.15) is 0 Å². The van der Waals surface area contributed by atoms with Gasteiger partial charge in [0.25, 0.3) is 0 Å². The van der Waals surface area contributed by atoms with Crippen LogP contribution in [-0.2, 0) is 9.59 Å². The zero-order chi connectivity index (χ0) is 12.5. The maximum Gasteiger partial charge on any atom is 0.229 e. The highest BCUT2D eigenvalue weighted by Gasteiger charge is 2.28. The first-order chi connectivity index (χ1) is 8.75. The molecular weight excluding hydrogens is 224 g/mol. The Labute approximate surface area is 105 Å². The van der Waals surface area contributed by atoms with E-state index in [0.29, 0.717) is 24.0 Å². The van der Waals surface area contributed by atoms with Crippen LogP contribution in [0.25, 0.3) is 0 Å². The maximum atomic E-state index is 12.1. The van der Waals surface area contributed by atoms with E-state index in [2.05, 4.69) is 0 Å². The average molecular weight is 236 g/mol. The number of Topliss-reactive ketones (excluding diaryl/α,β-unsaturated/α-hetero) is 2. The summed E-state index contributed by atoms with van der Waals surface area (Å²) >= 11 is 0. The molecule has 1 saturated carbocycles. The lowest BCUT2D eigenvalue weighted by molar-refractivity contribution is -0.132. The van der Waals surface area contributed by atoms with Gasteiger partial charge in [-0.05, 0) is 11.1 Å². The average Bonchev–Trinajstić information content (AvgIpc) is 2.76. The molecule has 0 aromatic rings. The molecule has 0 spiro atoms. The fraction of sp³-hybridized carbons (Fsp3) is 0.125. The normalized spacial score (nSPS) is 22.0. The molecule has 0 aromatic carbocycles. The molecule has 0 saturated heterocycles. The zero-order valence-electron chi connectivity index (χ0n) is 9.85. The summed E-state index contributed by atoms with van der Waals surface area (Å²) in [4.78, 5) is 24.2. The molecule has 0 atom stereocenters. The van der Waals surface area contributed by atoms with Crippen LogP contribution in [0, 0.1) is 0 Å². The molecule has 2 heteroatoms. The summed E-state index contributed by atoms with van der Waals surface area (Å²) in [6.45, 7) is 0. The van der Waals surface area contributed by atoms with Crippen molar-refractivity contribution in [3.63, 3.8) is 0 Å². The van der Waals surface area contributed by atoms with E-state index in [-0.39, 0.29) is 11.6 Å². The summed E-state index contributed by atoms with van der Waals surface area (Å²) in [6.07, 6.45) is 16.1. The van der Waals surface area contributed by atoms with Crippen molar-refractivity contribution in [1.82, 2.24) is 0 Å². The second-order valence-electron chi connectivity index (χ2n) is 4.55. The quantitative estimate of drug-likeness (QED) is 0.606. The Balaban J connectivity index is 2.20. The van der Waals surface area contributed by atoms with Gasteiger partial charge in [-0.1, -0.05) is 48.6 Å². The highest BCUT2D eigenvalue weighted by molar-refractivity contribution is 6.49. The van der Waals surface area contributed by atoms with Crippen LogP contribution < -0.4 is 0 Å². The van der Waals surface area contributed by atoms with E-state index in [0.717, 1.165) is 11.1 Å². The SMILES string of the molecule is O=C1C(=O)C2=CC=CC=C(C2)C2=CC=CC=C1C2. The number of carbonyl (C=O) groups excluding carboxylic acids is 2. The molecule has 3 aliphatic rings. The van der Waals surface area contributed by atoms with E-state index in [1.54, 1.807) is 12.2 Å². The molecule has 88 valence electrons. The van der Waals surface area contributed by atoms with Gasteiger partial charge in [0.15, 0.2) is 0 Å². The van der Waals surface area contributed by atoms with Crippen LogP contribution in [0.3, 0.4) is 0 Å². The molecule has 0 radical (unpaired) electrons. The first-order valence-electron chi connectivity index (χ1n) is 5.98. The van der Waals surface area contributed by atoms with Crippen LogP contribution in [0.4, 0.5) is 0 Å². The Morgan fingerprint density at radius 3 is 1.28 bits per heavy atom. The van der Waals surface area contributed by atoms with Gasteiger partial charge in [-0.3, -0.25) is 9.59 Å². The van der Waals surface area contributed by atoms with Crippen LogP contribution >= 0.6 is 0 Å². The number of rotatable bonds is 0. The highest BCUT2D eigenvalue weighted by atomic mass is 16.2. The summed E-state index contributed by atoms with van der Waals surface area (Å²) in [5.41, 5.74) is 3.40. The summed E-state index contributed by atoms with van der Waals surface area (Å²) in [5.74, 6) is -0.735. The maximum absolute atomic E-state index is 12.1. The largest absolute Gasteiger partial charge is 0.285 e. The Bertz CT molecular complexity index is 563. The molecule has 0 aliphatic heterocycles. The molecule has 18 heavy (non-hydrogen) atoms. The molecule has 0 amide bonds. The van der Waals surface area contributed by atoms with Gasteiger partial charge < -0.3 is 0 Å². The molecule has 0 heterocycles. The van der Waals surface area contributed by atoms with Crippen LogP contribution in [-0.4, -0.2) is 11.6 Å². The van der Waals surface area contributed by atoms with Crippen molar-refractivity contribution in [3.05, 3.63) is 70.9 Å². The van der Waals surface area contributed by atoms with Crippen LogP contribution in [0.15, 0.2) is 70.9 Å². The van der Waals surface area contributed by atoms with Crippen molar-refractivity contribution in [2.75, 3.05) is 0 Å². The number of fused-ring (bicyclic) bond motifs is 5. The van der Waals surface area contributed by atoms with Crippen LogP contribution in [0.1, 0.15) is 12.8 Å². The molecule has 1 fully saturated rings. The van der Waals surface area contributed by atoms with Crippen molar-refractivity contribution in [1.29, 1.82) is 0 Å². The van der Waals surface area contributed by atoms with E-state index in [1.165, 1.54) is 0 Å². The Morgan fingerprint density at radius 1 is 0.556 bits per heavy atom. The minimum atomic E-state index is -0.368. The number of carbonyl (C=O) groups is 2. The lowest BCUT2D eigenvalue weighted by atomic mass is 9.85. The molecule has 2 nitrogen and oxygen atoms in total. The Hall–Kier alpha value is -2.22. The molecule has 0 N–H and O–H groups in total. The summed E-state index contributed by atoms with van der Waals surface area (Å²) < 4.78 is 0. The monoisotopic (exact) mass is 236 g/mol. The lowest BCUT2D eigenvalue weighted by Gasteiger charge is -2.17. The molecule has 3 aliphatic carbocycles. The predicted octanol–water partition coefficient (Wildman–Crippen LogP) is 2.76. The topological polar surface area (TPSA) is 34.1 Å². The van der Waals surface area contributed by atoms with Gasteiger partial charge in [-0.25, -0.2) is 0 Å². The second-order valence-corrected chi connectivity index (χ2v) is 4.55. The minimum absolute atomic E-state index is 0.368. The van der Waals surface area contributed by atoms with E-state index in [9.17, 15) is 9.59 Å². The predicted molar refractivity (Wildman–Crippen MR) is 69.9 cm³/mol. The third-order valence-corrected chi connectivity index (χ3v) is 3.38. The van der Waals surface area contributed by atoms with Gasteiger partial charge in [0.05, 0.1) is 0 Å². The number of allylic oxidation sites excluding steroid dienone is 12. The molecular formula is C16H12O2. The van der Waals surface area contributed by atoms with E-state index in [4.69, 9.17) is 0 Å². The van der Waals surface area contributed by atoms with Crippen LogP contribution in [0.2, 0.25) is 0 Å². The van der Waals surface area contributed by atoms with Gasteiger partial charge >= 0.3 is 0 Å². The third-order valence-electron chi connectivity index (χ3n) is 3.38. The lowest BCUT2D eigenvalue weighted by Crippen LogP contribution is -2.21. The van der Waals surface area contributed by atoms with Crippen molar-refractivity contribution >= 4 is 11.6 Å². The molecule has 4 bridgehead atoms. The van der Waals surface area contributed by atoms with Gasteiger partial charge in [-0.15, -0.1) is 0 Å². The first kappa shape index (κ1) is 10.9. The number of hydrogen-bond donors (Lipinski definition) is 0. The summed E-state index contributed by atoms with van der Waals surface area (Å²) in [6, 6.07) is 0. The first-order valence-corrected chi connectivity index (χ1v) is 5.98. The smallest absolute Gasteiger partial charge is 0.229 e. The second kappa shape index (κ2) is 4.22. The standard InChI is InChI=1S/C16H12O2/c17-15-13-7-3-1-5-11(9-13)12-6-2-4-8-14(10-12)16(15)18/h1-8H,9-10H2. The molecule has 0 aromatic heterocycles. The van der Waals surface area contributed by atoms with Gasteiger partial charge in [0.1, 0.15) is 0 Å². The Kier molecular flexibility index (Phi) is 2.56. The molecule has 0 unspecified atom stereocenters. The number of hydrogen-bond acceptors (Lipinski definition) is 2. The summed E-state index contributed by atoms with van der Waals surface area (Å²) in [7, 11) is 0. The van der Waals surface area contributed by atoms with E-state index >= 15 is 0 Å². The van der Waals surface area contributed by atoms with Gasteiger partial charge in [0.2, 0.25) is 11.6 Å². The van der Waals surface area contributed by atoms with Crippen molar-refractivity contribution in [2.24, 2.45) is 0 Å². The number of ketones is 2. The van der Waals surface area contributed by atoms with E-state index in [1.807, 2.05) is 36.5 Å². The van der Waals surface area contributed by atoms with Crippen molar-refractivity contribution < 1.29 is 9.59 Å². The van der Waals surface area contributed by atoms with Gasteiger partial charge in [0, 0.05) is 24.0 Å². The molecule has 3 rings (SSSR count). The minimum Gasteiger partial charge on any atom is -0.285 e.